The van der Waals surface area contributed by atoms with Crippen LogP contribution in [0.2, 0.25) is 0 Å². The third-order valence-corrected chi connectivity index (χ3v) is 28.5. The minimum atomic E-state index is -3.67. The molecule has 147 heavy (non-hydrogen) atoms. The molecular weight excluding hydrogens is 1950 g/mol. The summed E-state index contributed by atoms with van der Waals surface area (Å²) in [5, 5.41) is 0. The van der Waals surface area contributed by atoms with E-state index in [2.05, 4.69) is 60.6 Å². The molecule has 8 N–H and O–H groups in total. The van der Waals surface area contributed by atoms with E-state index in [0.29, 0.717) is 93.8 Å². The van der Waals surface area contributed by atoms with Gasteiger partial charge in [-0.2, -0.15) is 8.42 Å². The van der Waals surface area contributed by atoms with E-state index in [4.69, 9.17) is 50.8 Å². The average molecular weight is 2050 g/mol. The van der Waals surface area contributed by atoms with Gasteiger partial charge in [0.2, 0.25) is 0 Å². The Morgan fingerprint density at radius 1 is 0.354 bits per heavy atom. The van der Waals surface area contributed by atoms with Gasteiger partial charge in [-0.15, -0.1) is 0 Å². The van der Waals surface area contributed by atoms with E-state index in [1.807, 2.05) is 25.1 Å². The maximum Gasteiger partial charge on any atom is 0.264 e. The molecule has 4 aliphatic carbocycles. The van der Waals surface area contributed by atoms with E-state index in [9.17, 15) is 85.1 Å². The lowest BCUT2D eigenvalue weighted by Crippen LogP contribution is -2.57. The number of Topliss-reactive ketones (excluding diaryl/α,β-unsaturated/α-hetero) is 5. The SMILES string of the molecule is CC(=O)CCO[C@H]1[C@H](N)C[C@H](c2ccncc2CC(=O)c2ccc(F)c(-c3c(F)cccc3F)n2)C[C@@H]1C.C[C@@H]1C[C@H](c2ccncc2CC(=O)c2ccc(F)c(-c3c(F)cccc3F)n2)C[C@H](N)C12OCCO2.C[C@H]1C[C@@H](c2ccncc2CC(=O)c2ccc(F)c(-c3c(F)cccc3F)n2)C[C@@H](N)C12OCCO2.C[C@H]1C[C@@H](c2ccncc2CC(=O)c2ccc(F)c(-c3c(F)cccc3F)n2)C[C@@H](N)[C@@H]1OS(C)(=O)=O. The van der Waals surface area contributed by atoms with Crippen molar-refractivity contribution in [3.05, 3.63) is 332 Å². The Hall–Kier alpha value is -12.9. The smallest absolute Gasteiger partial charge is 0.264 e. The van der Waals surface area contributed by atoms with Crippen LogP contribution in [0.15, 0.2) is 195 Å². The third-order valence-electron chi connectivity index (χ3n) is 27.9. The molecule has 0 unspecified atom stereocenters. The summed E-state index contributed by atoms with van der Waals surface area (Å²) in [6.07, 6.45) is 18.3. The lowest BCUT2D eigenvalue weighted by atomic mass is 9.71. The molecule has 6 aliphatic rings. The zero-order chi connectivity index (χ0) is 105. The predicted molar refractivity (Wildman–Crippen MR) is 518 cm³/mol. The lowest BCUT2D eigenvalue weighted by molar-refractivity contribution is -0.221. The normalized spacial score (nSPS) is 22.4. The second-order valence-corrected chi connectivity index (χ2v) is 39.7. The van der Waals surface area contributed by atoms with Crippen molar-refractivity contribution in [2.75, 3.05) is 39.3 Å². The molecule has 38 heteroatoms. The molecule has 10 heterocycles. The quantitative estimate of drug-likeness (QED) is 0.0222. The maximum absolute atomic E-state index is 14.5. The van der Waals surface area contributed by atoms with E-state index in [0.717, 1.165) is 127 Å². The molecule has 18 rings (SSSR count). The van der Waals surface area contributed by atoms with Crippen LogP contribution in [-0.4, -0.2) is 164 Å². The van der Waals surface area contributed by atoms with E-state index in [1.165, 1.54) is 49.4 Å². The van der Waals surface area contributed by atoms with Crippen LogP contribution in [-0.2, 0) is 68.5 Å². The molecule has 2 saturated heterocycles. The number of aromatic nitrogens is 8. The summed E-state index contributed by atoms with van der Waals surface area (Å²) in [4.78, 5) is 96.6. The maximum atomic E-state index is 14.5. The Morgan fingerprint density at radius 2 is 0.612 bits per heavy atom. The van der Waals surface area contributed by atoms with Crippen molar-refractivity contribution < 1.29 is 113 Å². The van der Waals surface area contributed by atoms with E-state index in [-0.39, 0.29) is 126 Å². The van der Waals surface area contributed by atoms with E-state index in [1.54, 1.807) is 55.6 Å². The molecular formula is C109H108F12N12O13S. The molecule has 4 saturated carbocycles. The molecule has 6 fully saturated rings. The molecule has 4 aromatic carbocycles. The minimum absolute atomic E-state index is 0.0439. The molecule has 0 bridgehead atoms. The van der Waals surface area contributed by atoms with Crippen LogP contribution in [0.1, 0.15) is 203 Å². The van der Waals surface area contributed by atoms with Crippen LogP contribution < -0.4 is 22.9 Å². The van der Waals surface area contributed by atoms with Gasteiger partial charge in [-0.05, 0) is 260 Å². The fourth-order valence-corrected chi connectivity index (χ4v) is 21.8. The first-order chi connectivity index (χ1) is 70.2. The Balaban J connectivity index is 0.000000147. The predicted octanol–water partition coefficient (Wildman–Crippen LogP) is 18.5. The van der Waals surface area contributed by atoms with Crippen molar-refractivity contribution in [2.45, 2.75) is 190 Å². The summed E-state index contributed by atoms with van der Waals surface area (Å²) in [5.74, 6) is -14.6. The first-order valence-electron chi connectivity index (χ1n) is 48.0. The van der Waals surface area contributed by atoms with Crippen molar-refractivity contribution in [3.63, 3.8) is 0 Å². The first-order valence-corrected chi connectivity index (χ1v) is 49.9. The second kappa shape index (κ2) is 47.1. The average Bonchev–Trinajstić information content (AvgIpc) is 1.56. The number of ketones is 5. The summed E-state index contributed by atoms with van der Waals surface area (Å²) >= 11 is 0. The van der Waals surface area contributed by atoms with Crippen LogP contribution >= 0.6 is 0 Å². The number of rotatable bonds is 26. The summed E-state index contributed by atoms with van der Waals surface area (Å²) in [6.45, 7) is 11.9. The van der Waals surface area contributed by atoms with Crippen molar-refractivity contribution in [1.29, 1.82) is 0 Å². The highest BCUT2D eigenvalue weighted by molar-refractivity contribution is 7.86. The molecule has 772 valence electrons. The summed E-state index contributed by atoms with van der Waals surface area (Å²) in [5.41, 5.74) is 26.9. The lowest BCUT2D eigenvalue weighted by Gasteiger charge is -2.45. The largest absolute Gasteiger partial charge is 0.376 e. The van der Waals surface area contributed by atoms with Crippen LogP contribution in [0.25, 0.3) is 45.0 Å². The first kappa shape index (κ1) is 108. The Bertz CT molecular complexity index is 6660. The van der Waals surface area contributed by atoms with Crippen molar-refractivity contribution in [2.24, 2.45) is 46.6 Å². The van der Waals surface area contributed by atoms with Crippen molar-refractivity contribution in [3.8, 4) is 45.0 Å². The number of hydrogen-bond acceptors (Lipinski definition) is 25. The van der Waals surface area contributed by atoms with Crippen LogP contribution in [0.3, 0.4) is 0 Å². The molecule has 2 spiro atoms. The summed E-state index contributed by atoms with van der Waals surface area (Å²) in [7, 11) is -3.67. The Morgan fingerprint density at radius 3 is 0.857 bits per heavy atom. The number of carbonyl (C=O) groups excluding carboxylic acids is 5. The summed E-state index contributed by atoms with van der Waals surface area (Å²) < 4.78 is 230. The number of ether oxygens (including phenoxy) is 5. The van der Waals surface area contributed by atoms with Gasteiger partial charge < -0.3 is 46.6 Å². The fourth-order valence-electron chi connectivity index (χ4n) is 21.0. The van der Waals surface area contributed by atoms with Gasteiger partial charge in [-0.25, -0.2) is 72.6 Å². The van der Waals surface area contributed by atoms with Gasteiger partial charge >= 0.3 is 0 Å². The molecule has 12 aromatic rings. The molecule has 14 atom stereocenters. The van der Waals surface area contributed by atoms with Gasteiger partial charge in [-0.1, -0.05) is 52.0 Å². The van der Waals surface area contributed by atoms with Crippen LogP contribution in [0.5, 0.6) is 0 Å². The second-order valence-electron chi connectivity index (χ2n) is 38.1. The molecule has 0 amide bonds. The van der Waals surface area contributed by atoms with E-state index >= 15 is 0 Å². The van der Waals surface area contributed by atoms with Gasteiger partial charge in [0.15, 0.2) is 34.7 Å². The highest BCUT2D eigenvalue weighted by Crippen LogP contribution is 2.50. The van der Waals surface area contributed by atoms with E-state index < -0.39 is 172 Å². The summed E-state index contributed by atoms with van der Waals surface area (Å²) in [6, 6.07) is 27.4. The number of carbonyl (C=O) groups is 5. The van der Waals surface area contributed by atoms with Crippen molar-refractivity contribution in [1.82, 2.24) is 39.9 Å². The van der Waals surface area contributed by atoms with Gasteiger partial charge in [0.05, 0.1) is 85.8 Å². The molecule has 25 nitrogen and oxygen atoms in total. The zero-order valence-electron chi connectivity index (χ0n) is 80.9. The van der Waals surface area contributed by atoms with Gasteiger partial charge in [0.1, 0.15) is 121 Å². The number of nitrogens with zero attached hydrogens (tertiary/aromatic N) is 8. The number of halogens is 12. The van der Waals surface area contributed by atoms with Gasteiger partial charge in [0, 0.05) is 106 Å². The van der Waals surface area contributed by atoms with Crippen molar-refractivity contribution >= 4 is 39.0 Å². The standard InChI is InChI=1S/C29H30F3N3O3.2C27H26F3N3O3.C26H26F3N3O4S/c1-16-12-18(13-24(33)29(16)38-11-9-17(2)36)20-8-10-34-15-19(20)14-26(37)25-7-6-23(32)28(35-25)27-21(30)4-3-5-22(27)31;2*1-15-11-16(13-24(31)27(15)35-9-10-36-27)18-7-8-32-14-17(18)12-23(34)22-6-5-21(30)26(33-22)25-19(28)3-2-4-20(25)29;1-14-10-15(11-21(30)26(14)36-37(2,34)35)17-8-9-31-13-16(17)12-23(33)22-7-6-20(29)25(32-22)24-18(27)4-3-5-19(24)28/h3-8,10,15-16,18,24,29H,9,11-14,33H2,1-2H3;2*2-8,14-16,24H,9-13,31H2,1H3;3-9,13-15,21,26H,10-12,30H2,1-2H3/t16-,18+,24+,29+;2*15-,16+,24+;14-,15+,21+,26+/m0100/s1. The van der Waals surface area contributed by atoms with Crippen LogP contribution in [0.4, 0.5) is 52.7 Å². The number of benzene rings is 4. The fraction of sp³-hybridized carbons (Fsp3) is 0.367. The number of hydrogen-bond donors (Lipinski definition) is 4. The number of nitrogens with two attached hydrogens (primary N) is 4. The van der Waals surface area contributed by atoms with Gasteiger partial charge in [-0.3, -0.25) is 48.1 Å². The molecule has 0 radical (unpaired) electrons. The zero-order valence-corrected chi connectivity index (χ0v) is 81.7. The Kier molecular flexibility index (Phi) is 34.7. The topological polar surface area (TPSA) is 382 Å². The third kappa shape index (κ3) is 24.8. The number of pyridine rings is 8. The molecule has 8 aromatic heterocycles. The highest BCUT2D eigenvalue weighted by Gasteiger charge is 2.54. The van der Waals surface area contributed by atoms with Gasteiger partial charge in [0.25, 0.3) is 10.1 Å². The minimum Gasteiger partial charge on any atom is -0.376 e. The molecule has 2 aliphatic heterocycles. The Labute approximate surface area is 840 Å². The highest BCUT2D eigenvalue weighted by atomic mass is 32.2. The monoisotopic (exact) mass is 2050 g/mol. The van der Waals surface area contributed by atoms with Crippen LogP contribution in [0, 0.1) is 93.5 Å².